The van der Waals surface area contributed by atoms with E-state index in [4.69, 9.17) is 67.5 Å². The third kappa shape index (κ3) is 9.26. The predicted molar refractivity (Wildman–Crippen MR) is 186 cm³/mol. The number of nitrogens with one attached hydrogen (secondary N) is 2. The smallest absolute Gasteiger partial charge is 0.424 e. The average molecular weight is 780 g/mol. The summed E-state index contributed by atoms with van der Waals surface area (Å²) in [5.41, 5.74) is -3.17. The van der Waals surface area contributed by atoms with Gasteiger partial charge in [-0.25, -0.2) is 18.4 Å². The number of carbonyl (C=O) groups is 4. The Morgan fingerprint density at radius 2 is 1.33 bits per heavy atom. The van der Waals surface area contributed by atoms with Crippen LogP contribution in [0.4, 0.5) is 35.4 Å². The number of hydrogen-bond donors (Lipinski definition) is 2. The molecule has 0 spiro atoms. The Bertz CT molecular complexity index is 1800. The molecule has 4 rings (SSSR count). The molecule has 3 aromatic carbocycles. The number of carbonyl (C=O) groups excluding carboxylic acids is 4. The highest BCUT2D eigenvalue weighted by Crippen LogP contribution is 2.65. The molecule has 262 valence electrons. The van der Waals surface area contributed by atoms with Gasteiger partial charge in [0.1, 0.15) is 21.4 Å². The zero-order chi connectivity index (χ0) is 36.8. The van der Waals surface area contributed by atoms with Crippen molar-refractivity contribution in [1.29, 1.82) is 0 Å². The first kappa shape index (κ1) is 38.5. The van der Waals surface area contributed by atoms with Crippen LogP contribution in [-0.4, -0.2) is 39.5 Å². The molecule has 1 aliphatic carbocycles. The monoisotopic (exact) mass is 777 g/mol. The van der Waals surface area contributed by atoms with Crippen LogP contribution in [0.15, 0.2) is 48.5 Å². The molecule has 0 unspecified atom stereocenters. The van der Waals surface area contributed by atoms with Gasteiger partial charge in [-0.3, -0.25) is 9.59 Å². The summed E-state index contributed by atoms with van der Waals surface area (Å²) < 4.78 is 39.2. The maximum Gasteiger partial charge on any atom is 0.424 e. The number of benzene rings is 3. The highest BCUT2D eigenvalue weighted by atomic mass is 35.5. The van der Waals surface area contributed by atoms with Crippen molar-refractivity contribution in [2.75, 3.05) is 15.5 Å². The zero-order valence-electron chi connectivity index (χ0n) is 26.8. The quantitative estimate of drug-likeness (QED) is 0.241. The number of ether oxygens (including phenoxy) is 2. The van der Waals surface area contributed by atoms with Crippen molar-refractivity contribution >= 4 is 99.1 Å². The number of amides is 4. The molecule has 0 aliphatic heterocycles. The molecule has 2 atom stereocenters. The minimum Gasteiger partial charge on any atom is -0.443 e. The standard InChI is InChI=1S/C33H30Cl5F2N3O6/c1-31(2,3)48-29(46)43(30(47)49-32(4,5)6)24-14-23(21(39)13-22(24)40)42-27(44)19-12-18(7-8-20(19)36)41-28(45)26-25(33(26,37)38)15-9-16(34)11-17(35)10-15/h7-14,25-26H,1-6H3,(H,41,45)(H,42,44)/t25-,26+/m0/s1. The first-order chi connectivity index (χ1) is 22.5. The normalized spacial score (nSPS) is 16.8. The molecule has 4 amide bonds. The van der Waals surface area contributed by atoms with E-state index in [2.05, 4.69) is 10.6 Å². The molecule has 49 heavy (non-hydrogen) atoms. The van der Waals surface area contributed by atoms with Gasteiger partial charge in [-0.1, -0.05) is 34.8 Å². The molecule has 1 saturated carbocycles. The Balaban J connectivity index is 1.60. The van der Waals surface area contributed by atoms with Gasteiger partial charge in [0.25, 0.3) is 5.91 Å². The van der Waals surface area contributed by atoms with Crippen LogP contribution in [0.2, 0.25) is 15.1 Å². The molecule has 0 bridgehead atoms. The number of imide groups is 1. The highest BCUT2D eigenvalue weighted by Gasteiger charge is 2.67. The van der Waals surface area contributed by atoms with Crippen LogP contribution in [0, 0.1) is 17.6 Å². The molecule has 0 heterocycles. The van der Waals surface area contributed by atoms with Gasteiger partial charge in [-0.05, 0) is 89.6 Å². The van der Waals surface area contributed by atoms with Crippen molar-refractivity contribution in [3.63, 3.8) is 0 Å². The summed E-state index contributed by atoms with van der Waals surface area (Å²) >= 11 is 31.4. The van der Waals surface area contributed by atoms with Crippen LogP contribution in [0.1, 0.15) is 63.4 Å². The summed E-state index contributed by atoms with van der Waals surface area (Å²) in [4.78, 5) is 52.9. The zero-order valence-corrected chi connectivity index (χ0v) is 30.6. The largest absolute Gasteiger partial charge is 0.443 e. The first-order valence-corrected chi connectivity index (χ1v) is 16.4. The summed E-state index contributed by atoms with van der Waals surface area (Å²) in [6, 6.07) is 9.73. The van der Waals surface area contributed by atoms with E-state index >= 15 is 8.78 Å². The molecule has 9 nitrogen and oxygen atoms in total. The third-order valence-corrected chi connectivity index (χ3v) is 8.44. The van der Waals surface area contributed by atoms with E-state index in [-0.39, 0.29) is 21.2 Å². The second-order valence-electron chi connectivity index (χ2n) is 13.1. The topological polar surface area (TPSA) is 114 Å². The molecule has 1 fully saturated rings. The number of halogens is 7. The van der Waals surface area contributed by atoms with E-state index in [0.29, 0.717) is 21.7 Å². The van der Waals surface area contributed by atoms with E-state index in [0.717, 1.165) is 6.07 Å². The van der Waals surface area contributed by atoms with Crippen LogP contribution < -0.4 is 15.5 Å². The Hall–Kier alpha value is -3.35. The first-order valence-electron chi connectivity index (χ1n) is 14.5. The summed E-state index contributed by atoms with van der Waals surface area (Å²) in [5.74, 6) is -5.70. The fourth-order valence-corrected chi connectivity index (χ4v) is 6.27. The van der Waals surface area contributed by atoms with Crippen molar-refractivity contribution in [1.82, 2.24) is 0 Å². The second-order valence-corrected chi connectivity index (χ2v) is 15.8. The minimum absolute atomic E-state index is 0.0933. The molecular weight excluding hydrogens is 750 g/mol. The van der Waals surface area contributed by atoms with Crippen LogP contribution in [-0.2, 0) is 14.3 Å². The molecule has 0 saturated heterocycles. The second kappa shape index (κ2) is 14.1. The number of rotatable bonds is 6. The van der Waals surface area contributed by atoms with Crippen LogP contribution in [0.25, 0.3) is 0 Å². The fraction of sp³-hybridized carbons (Fsp3) is 0.333. The lowest BCUT2D eigenvalue weighted by molar-refractivity contribution is -0.117. The number of nitrogens with zero attached hydrogens (tertiary/aromatic N) is 1. The van der Waals surface area contributed by atoms with Crippen molar-refractivity contribution in [3.05, 3.63) is 86.4 Å². The summed E-state index contributed by atoms with van der Waals surface area (Å²) in [6.07, 6.45) is -2.63. The van der Waals surface area contributed by atoms with E-state index in [9.17, 15) is 19.2 Å². The van der Waals surface area contributed by atoms with Crippen molar-refractivity contribution < 1.29 is 37.4 Å². The minimum atomic E-state index is -1.48. The Labute approximate surface area is 306 Å². The maximum absolute atomic E-state index is 15.2. The third-order valence-electron chi connectivity index (χ3n) is 6.74. The number of anilines is 3. The maximum atomic E-state index is 15.2. The van der Waals surface area contributed by atoms with Gasteiger partial charge < -0.3 is 20.1 Å². The lowest BCUT2D eigenvalue weighted by atomic mass is 10.1. The summed E-state index contributed by atoms with van der Waals surface area (Å²) in [7, 11) is 0. The Kier molecular flexibility index (Phi) is 11.1. The number of hydrogen-bond acceptors (Lipinski definition) is 6. The van der Waals surface area contributed by atoms with Crippen molar-refractivity contribution in [2.45, 2.75) is 63.0 Å². The van der Waals surface area contributed by atoms with Crippen LogP contribution in [0.5, 0.6) is 0 Å². The lowest BCUT2D eigenvalue weighted by Gasteiger charge is -2.29. The van der Waals surface area contributed by atoms with Crippen molar-refractivity contribution in [3.8, 4) is 0 Å². The summed E-state index contributed by atoms with van der Waals surface area (Å²) in [6.45, 7) is 9.11. The van der Waals surface area contributed by atoms with Gasteiger partial charge in [0.15, 0.2) is 5.82 Å². The molecular formula is C33H30Cl5F2N3O6. The van der Waals surface area contributed by atoms with Crippen LogP contribution >= 0.6 is 58.0 Å². The van der Waals surface area contributed by atoms with E-state index in [1.165, 1.54) is 65.8 Å². The van der Waals surface area contributed by atoms with Gasteiger partial charge in [-0.15, -0.1) is 23.2 Å². The SMILES string of the molecule is CC(C)(C)OC(=O)N(C(=O)OC(C)(C)C)c1cc(NC(=O)c2cc(NC(=O)[C@H]3[C@H](c4cc(Cl)cc(Cl)c4)C3(Cl)Cl)ccc2Cl)c(F)cc1F. The van der Waals surface area contributed by atoms with Gasteiger partial charge in [-0.2, -0.15) is 4.90 Å². The van der Waals surface area contributed by atoms with Gasteiger partial charge in [0, 0.05) is 27.7 Å². The Morgan fingerprint density at radius 3 is 1.86 bits per heavy atom. The van der Waals surface area contributed by atoms with E-state index in [1.807, 2.05) is 0 Å². The molecule has 0 aromatic heterocycles. The predicted octanol–water partition coefficient (Wildman–Crippen LogP) is 10.4. The van der Waals surface area contributed by atoms with E-state index < -0.39 is 74.4 Å². The Morgan fingerprint density at radius 1 is 0.776 bits per heavy atom. The van der Waals surface area contributed by atoms with Gasteiger partial charge in [0.05, 0.1) is 27.9 Å². The van der Waals surface area contributed by atoms with E-state index in [1.54, 1.807) is 12.1 Å². The number of alkyl halides is 2. The highest BCUT2D eigenvalue weighted by molar-refractivity contribution is 6.53. The average Bonchev–Trinajstić information content (AvgIpc) is 3.51. The van der Waals surface area contributed by atoms with Gasteiger partial charge in [0.2, 0.25) is 5.91 Å². The lowest BCUT2D eigenvalue weighted by Crippen LogP contribution is -2.44. The fourth-order valence-electron chi connectivity index (χ4n) is 4.70. The van der Waals surface area contributed by atoms with Crippen LogP contribution in [0.3, 0.4) is 0 Å². The molecule has 2 N–H and O–H groups in total. The molecule has 3 aromatic rings. The summed E-state index contributed by atoms with van der Waals surface area (Å²) in [5, 5.41) is 5.46. The van der Waals surface area contributed by atoms with Crippen molar-refractivity contribution in [2.24, 2.45) is 5.92 Å². The molecule has 1 aliphatic rings. The van der Waals surface area contributed by atoms with Gasteiger partial charge >= 0.3 is 12.2 Å². The molecule has 0 radical (unpaired) electrons. The molecule has 16 heteroatoms.